The molecule has 0 aliphatic carbocycles. The molecule has 0 saturated heterocycles. The Labute approximate surface area is 157 Å². The number of aryl methyl sites for hydroxylation is 1. The number of ether oxygens (including phenoxy) is 1. The number of hydrogen-bond acceptors (Lipinski definition) is 5. The van der Waals surface area contributed by atoms with Crippen LogP contribution in [0.15, 0.2) is 48.5 Å². The summed E-state index contributed by atoms with van der Waals surface area (Å²) in [5, 5.41) is 3.33. The van der Waals surface area contributed by atoms with E-state index in [9.17, 15) is 4.79 Å². The molecule has 0 unspecified atom stereocenters. The van der Waals surface area contributed by atoms with Crippen LogP contribution in [0.5, 0.6) is 10.9 Å². The second-order valence-electron chi connectivity index (χ2n) is 6.02. The highest BCUT2D eigenvalue weighted by molar-refractivity contribution is 7.07. The maximum Gasteiger partial charge on any atom is 0.298 e. The smallest absolute Gasteiger partial charge is 0.298 e. The summed E-state index contributed by atoms with van der Waals surface area (Å²) in [5.41, 5.74) is 2.96. The number of benzene rings is 2. The van der Waals surface area contributed by atoms with Crippen molar-refractivity contribution in [3.05, 3.63) is 71.0 Å². The Kier molecular flexibility index (Phi) is 5.96. The van der Waals surface area contributed by atoms with Crippen molar-refractivity contribution in [2.75, 3.05) is 6.54 Å². The molecule has 0 aliphatic rings. The van der Waals surface area contributed by atoms with Crippen LogP contribution in [0, 0.1) is 6.92 Å². The van der Waals surface area contributed by atoms with Gasteiger partial charge in [-0.15, -0.1) is 0 Å². The van der Waals surface area contributed by atoms with Crippen molar-refractivity contribution >= 4 is 17.4 Å². The van der Waals surface area contributed by atoms with Crippen LogP contribution in [0.2, 0.25) is 0 Å². The number of rotatable bonds is 7. The average Bonchev–Trinajstić information content (AvgIpc) is 3.08. The van der Waals surface area contributed by atoms with Crippen LogP contribution in [-0.4, -0.2) is 21.8 Å². The third-order valence-electron chi connectivity index (χ3n) is 3.77. The summed E-state index contributed by atoms with van der Waals surface area (Å²) in [6.07, 6.45) is 1.57. The van der Waals surface area contributed by atoms with E-state index in [4.69, 9.17) is 4.74 Å². The summed E-state index contributed by atoms with van der Waals surface area (Å²) < 4.78 is 10.1. The Morgan fingerprint density at radius 3 is 2.77 bits per heavy atom. The topological polar surface area (TPSA) is 64.1 Å². The Morgan fingerprint density at radius 2 is 2.00 bits per heavy atom. The van der Waals surface area contributed by atoms with E-state index in [0.29, 0.717) is 29.5 Å². The van der Waals surface area contributed by atoms with Crippen molar-refractivity contribution in [3.8, 4) is 10.9 Å². The highest BCUT2D eigenvalue weighted by atomic mass is 32.1. The van der Waals surface area contributed by atoms with Crippen LogP contribution < -0.4 is 10.1 Å². The lowest BCUT2D eigenvalue weighted by Gasteiger charge is -2.05. The number of nitrogens with one attached hydrogen (secondary N) is 1. The van der Waals surface area contributed by atoms with Crippen LogP contribution in [0.3, 0.4) is 0 Å². The third kappa shape index (κ3) is 4.89. The lowest BCUT2D eigenvalue weighted by molar-refractivity contribution is 0.0953. The van der Waals surface area contributed by atoms with E-state index >= 15 is 0 Å². The van der Waals surface area contributed by atoms with Crippen molar-refractivity contribution in [1.29, 1.82) is 0 Å². The van der Waals surface area contributed by atoms with Gasteiger partial charge in [0.25, 0.3) is 11.1 Å². The van der Waals surface area contributed by atoms with Gasteiger partial charge in [-0.25, -0.2) is 0 Å². The third-order valence-corrected chi connectivity index (χ3v) is 4.40. The normalized spacial score (nSPS) is 10.5. The van der Waals surface area contributed by atoms with Crippen LogP contribution in [0.1, 0.15) is 40.7 Å². The molecule has 0 bridgehead atoms. The minimum Gasteiger partial charge on any atom is -0.430 e. The number of carbonyl (C=O) groups is 1. The fourth-order valence-electron chi connectivity index (χ4n) is 2.38. The standard InChI is InChI=1S/C20H21N3O2S/c1-3-11-21-19(24)16-5-4-6-17(13-16)25-20-22-18(23-26-20)12-15-9-7-14(2)8-10-15/h4-10,13H,3,11-12H2,1-2H3,(H,21,24). The van der Waals surface area contributed by atoms with Crippen molar-refractivity contribution < 1.29 is 9.53 Å². The molecule has 1 aromatic heterocycles. The SMILES string of the molecule is CCCNC(=O)c1cccc(Oc2nc(Cc3ccc(C)cc3)ns2)c1. The fraction of sp³-hybridized carbons (Fsp3) is 0.250. The molecule has 1 heterocycles. The zero-order valence-electron chi connectivity index (χ0n) is 14.9. The van der Waals surface area contributed by atoms with Gasteiger partial charge < -0.3 is 10.1 Å². The van der Waals surface area contributed by atoms with E-state index in [2.05, 4.69) is 45.9 Å². The van der Waals surface area contributed by atoms with Gasteiger partial charge in [-0.3, -0.25) is 4.79 Å². The number of amides is 1. The Bertz CT molecular complexity index is 875. The summed E-state index contributed by atoms with van der Waals surface area (Å²) in [7, 11) is 0. The predicted octanol–water partition coefficient (Wildman–Crippen LogP) is 4.37. The van der Waals surface area contributed by atoms with Crippen LogP contribution in [-0.2, 0) is 6.42 Å². The summed E-state index contributed by atoms with van der Waals surface area (Å²) in [6, 6.07) is 15.4. The second-order valence-corrected chi connectivity index (χ2v) is 6.74. The van der Waals surface area contributed by atoms with Crippen LogP contribution in [0.4, 0.5) is 0 Å². The van der Waals surface area contributed by atoms with E-state index in [1.165, 1.54) is 17.1 Å². The Hall–Kier alpha value is -2.73. The number of nitrogens with zero attached hydrogens (tertiary/aromatic N) is 2. The lowest BCUT2D eigenvalue weighted by Crippen LogP contribution is -2.23. The molecule has 0 spiro atoms. The van der Waals surface area contributed by atoms with E-state index in [1.807, 2.05) is 6.92 Å². The number of aromatic nitrogens is 2. The van der Waals surface area contributed by atoms with Gasteiger partial charge in [0.15, 0.2) is 5.82 Å². The maximum absolute atomic E-state index is 12.0. The first-order valence-corrected chi connectivity index (χ1v) is 9.35. The van der Waals surface area contributed by atoms with E-state index < -0.39 is 0 Å². The van der Waals surface area contributed by atoms with Crippen LogP contribution >= 0.6 is 11.5 Å². The maximum atomic E-state index is 12.0. The molecule has 1 N–H and O–H groups in total. The minimum absolute atomic E-state index is 0.102. The molecule has 0 atom stereocenters. The predicted molar refractivity (Wildman–Crippen MR) is 103 cm³/mol. The number of hydrogen-bond donors (Lipinski definition) is 1. The minimum atomic E-state index is -0.102. The van der Waals surface area contributed by atoms with Gasteiger partial charge in [0.2, 0.25) is 0 Å². The highest BCUT2D eigenvalue weighted by Gasteiger charge is 2.10. The molecule has 0 radical (unpaired) electrons. The first-order chi connectivity index (χ1) is 12.6. The number of carbonyl (C=O) groups excluding carboxylic acids is 1. The Morgan fingerprint density at radius 1 is 1.19 bits per heavy atom. The first kappa shape index (κ1) is 18.1. The molecular formula is C20H21N3O2S. The van der Waals surface area contributed by atoms with Gasteiger partial charge in [-0.05, 0) is 37.1 Å². The van der Waals surface area contributed by atoms with Gasteiger partial charge in [0.1, 0.15) is 5.75 Å². The summed E-state index contributed by atoms with van der Waals surface area (Å²) in [4.78, 5) is 16.5. The largest absolute Gasteiger partial charge is 0.430 e. The molecule has 134 valence electrons. The zero-order valence-corrected chi connectivity index (χ0v) is 15.7. The van der Waals surface area contributed by atoms with Crippen molar-refractivity contribution in [2.24, 2.45) is 0 Å². The van der Waals surface area contributed by atoms with Crippen LogP contribution in [0.25, 0.3) is 0 Å². The average molecular weight is 367 g/mol. The highest BCUT2D eigenvalue weighted by Crippen LogP contribution is 2.24. The summed E-state index contributed by atoms with van der Waals surface area (Å²) in [5.74, 6) is 1.20. The fourth-order valence-corrected chi connectivity index (χ4v) is 2.95. The lowest BCUT2D eigenvalue weighted by atomic mass is 10.1. The van der Waals surface area contributed by atoms with E-state index in [-0.39, 0.29) is 5.91 Å². The van der Waals surface area contributed by atoms with Crippen molar-refractivity contribution in [1.82, 2.24) is 14.7 Å². The quantitative estimate of drug-likeness (QED) is 0.673. The van der Waals surface area contributed by atoms with Gasteiger partial charge in [-0.2, -0.15) is 9.36 Å². The summed E-state index contributed by atoms with van der Waals surface area (Å²) >= 11 is 1.21. The molecular weight excluding hydrogens is 346 g/mol. The van der Waals surface area contributed by atoms with E-state index in [1.54, 1.807) is 24.3 Å². The molecule has 0 saturated carbocycles. The zero-order chi connectivity index (χ0) is 18.4. The molecule has 2 aromatic carbocycles. The van der Waals surface area contributed by atoms with Gasteiger partial charge in [0.05, 0.1) is 0 Å². The molecule has 0 fully saturated rings. The Balaban J connectivity index is 1.65. The molecule has 3 aromatic rings. The first-order valence-electron chi connectivity index (χ1n) is 8.58. The molecule has 1 amide bonds. The van der Waals surface area contributed by atoms with Crippen molar-refractivity contribution in [2.45, 2.75) is 26.7 Å². The summed E-state index contributed by atoms with van der Waals surface area (Å²) in [6.45, 7) is 4.74. The molecule has 6 heteroatoms. The van der Waals surface area contributed by atoms with Gasteiger partial charge in [-0.1, -0.05) is 42.8 Å². The van der Waals surface area contributed by atoms with Crippen molar-refractivity contribution in [3.63, 3.8) is 0 Å². The molecule has 0 aliphatic heterocycles. The monoisotopic (exact) mass is 367 g/mol. The van der Waals surface area contributed by atoms with E-state index in [0.717, 1.165) is 17.8 Å². The molecule has 26 heavy (non-hydrogen) atoms. The van der Waals surface area contributed by atoms with Gasteiger partial charge >= 0.3 is 0 Å². The van der Waals surface area contributed by atoms with Gasteiger partial charge in [0, 0.05) is 30.1 Å². The molecule has 3 rings (SSSR count). The second kappa shape index (κ2) is 8.58. The molecule has 5 nitrogen and oxygen atoms in total.